The predicted octanol–water partition coefficient (Wildman–Crippen LogP) is 3.68. The second kappa shape index (κ2) is 7.47. The average molecular weight is 417 g/mol. The number of nitrogens with zero attached hydrogens (tertiary/aromatic N) is 2. The number of sulfonamides is 1. The summed E-state index contributed by atoms with van der Waals surface area (Å²) >= 11 is 0. The zero-order valence-electron chi connectivity index (χ0n) is 16.5. The van der Waals surface area contributed by atoms with Crippen molar-refractivity contribution in [1.29, 1.82) is 0 Å². The number of carbonyl (C=O) groups excluding carboxylic acids is 1. The summed E-state index contributed by atoms with van der Waals surface area (Å²) in [5, 5.41) is 14.1. The van der Waals surface area contributed by atoms with E-state index >= 15 is 0 Å². The maximum Gasteiger partial charge on any atom is 0.273 e. The fourth-order valence-corrected chi connectivity index (χ4v) is 4.87. The summed E-state index contributed by atoms with van der Waals surface area (Å²) in [6, 6.07) is 10.9. The normalized spacial score (nSPS) is 15.9. The first kappa shape index (κ1) is 20.8. The highest BCUT2D eigenvalue weighted by molar-refractivity contribution is 7.93. The van der Waals surface area contributed by atoms with Crippen LogP contribution in [0.4, 0.5) is 17.1 Å². The third-order valence-corrected chi connectivity index (χ3v) is 6.65. The third-order valence-electron chi connectivity index (χ3n) is 4.78. The summed E-state index contributed by atoms with van der Waals surface area (Å²) in [6.07, 6.45) is 0.587. The topological polar surface area (TPSA) is 110 Å². The van der Waals surface area contributed by atoms with Crippen LogP contribution in [-0.4, -0.2) is 31.5 Å². The minimum Gasteiger partial charge on any atom is -0.322 e. The van der Waals surface area contributed by atoms with Gasteiger partial charge in [0.1, 0.15) is 0 Å². The number of hydrogen-bond acceptors (Lipinski definition) is 5. The summed E-state index contributed by atoms with van der Waals surface area (Å²) in [5.41, 5.74) is 1.22. The molecule has 2 aromatic carbocycles. The van der Waals surface area contributed by atoms with Crippen LogP contribution < -0.4 is 9.62 Å². The van der Waals surface area contributed by atoms with Crippen LogP contribution in [0.3, 0.4) is 0 Å². The van der Waals surface area contributed by atoms with Crippen molar-refractivity contribution in [2.75, 3.05) is 21.9 Å². The van der Waals surface area contributed by atoms with E-state index in [2.05, 4.69) is 5.32 Å². The molecule has 1 fully saturated rings. The summed E-state index contributed by atoms with van der Waals surface area (Å²) in [5.74, 6) is -0.343. The molecule has 0 aromatic heterocycles. The summed E-state index contributed by atoms with van der Waals surface area (Å²) < 4.78 is 25.3. The Morgan fingerprint density at radius 1 is 1.14 bits per heavy atom. The van der Waals surface area contributed by atoms with Gasteiger partial charge in [-0.15, -0.1) is 0 Å². The second-order valence-electron chi connectivity index (χ2n) is 7.98. The molecule has 0 unspecified atom stereocenters. The van der Waals surface area contributed by atoms with Crippen molar-refractivity contribution in [3.8, 4) is 0 Å². The van der Waals surface area contributed by atoms with Crippen molar-refractivity contribution < 1.29 is 18.1 Å². The Morgan fingerprint density at radius 3 is 2.31 bits per heavy atom. The molecule has 0 saturated carbocycles. The Balaban J connectivity index is 1.80. The van der Waals surface area contributed by atoms with Gasteiger partial charge in [0.25, 0.3) is 11.6 Å². The van der Waals surface area contributed by atoms with Gasteiger partial charge in [0.05, 0.1) is 16.4 Å². The quantitative estimate of drug-likeness (QED) is 0.603. The Hall–Kier alpha value is -2.94. The molecule has 0 atom stereocenters. The maximum absolute atomic E-state index is 12.6. The first-order valence-corrected chi connectivity index (χ1v) is 10.8. The van der Waals surface area contributed by atoms with E-state index in [-0.39, 0.29) is 17.0 Å². The second-order valence-corrected chi connectivity index (χ2v) is 9.99. The number of hydrogen-bond donors (Lipinski definition) is 1. The van der Waals surface area contributed by atoms with E-state index in [4.69, 9.17) is 0 Å². The van der Waals surface area contributed by atoms with Gasteiger partial charge in [0.2, 0.25) is 10.0 Å². The Kier molecular flexibility index (Phi) is 5.36. The lowest BCUT2D eigenvalue weighted by molar-refractivity contribution is -0.386. The van der Waals surface area contributed by atoms with Crippen molar-refractivity contribution in [1.82, 2.24) is 0 Å². The first-order valence-electron chi connectivity index (χ1n) is 9.20. The van der Waals surface area contributed by atoms with Crippen molar-refractivity contribution >= 4 is 33.0 Å². The molecule has 29 heavy (non-hydrogen) atoms. The van der Waals surface area contributed by atoms with Crippen molar-refractivity contribution in [3.63, 3.8) is 0 Å². The number of nitrogens with one attached hydrogen (secondary N) is 1. The molecule has 1 heterocycles. The van der Waals surface area contributed by atoms with E-state index in [9.17, 15) is 23.3 Å². The van der Waals surface area contributed by atoms with Crippen LogP contribution in [0.15, 0.2) is 42.5 Å². The van der Waals surface area contributed by atoms with E-state index in [1.807, 2.05) is 20.8 Å². The standard InChI is InChI=1S/C20H23N3O5S/c1-20(2,3)17-10-5-14(13-18(17)23(25)26)19(24)21-15-6-8-16(9-7-15)22-11-4-12-29(22,27)28/h5-10,13H,4,11-12H2,1-3H3,(H,21,24). The molecule has 1 aliphatic rings. The number of nitro benzene ring substituents is 1. The summed E-state index contributed by atoms with van der Waals surface area (Å²) in [4.78, 5) is 23.5. The maximum atomic E-state index is 12.6. The van der Waals surface area contributed by atoms with Crippen LogP contribution in [0.2, 0.25) is 0 Å². The molecule has 8 nitrogen and oxygen atoms in total. The van der Waals surface area contributed by atoms with E-state index in [0.717, 1.165) is 0 Å². The van der Waals surface area contributed by atoms with Crippen molar-refractivity contribution in [2.45, 2.75) is 32.6 Å². The number of rotatable bonds is 4. The third kappa shape index (κ3) is 4.40. The van der Waals surface area contributed by atoms with Gasteiger partial charge in [-0.25, -0.2) is 8.42 Å². The lowest BCUT2D eigenvalue weighted by Gasteiger charge is -2.19. The first-order chi connectivity index (χ1) is 13.5. The van der Waals surface area contributed by atoms with E-state index < -0.39 is 26.3 Å². The molecule has 1 amide bonds. The Morgan fingerprint density at radius 2 is 1.79 bits per heavy atom. The molecular weight excluding hydrogens is 394 g/mol. The van der Waals surface area contributed by atoms with Gasteiger partial charge in [-0.1, -0.05) is 26.8 Å². The molecule has 0 aliphatic carbocycles. The van der Waals surface area contributed by atoms with E-state index in [1.54, 1.807) is 36.4 Å². The van der Waals surface area contributed by atoms with Crippen LogP contribution >= 0.6 is 0 Å². The molecule has 1 aliphatic heterocycles. The number of nitro groups is 1. The molecular formula is C20H23N3O5S. The van der Waals surface area contributed by atoms with Gasteiger partial charge in [-0.05, 0) is 42.2 Å². The smallest absolute Gasteiger partial charge is 0.273 e. The highest BCUT2D eigenvalue weighted by Crippen LogP contribution is 2.32. The number of benzene rings is 2. The summed E-state index contributed by atoms with van der Waals surface area (Å²) in [7, 11) is -3.27. The largest absolute Gasteiger partial charge is 0.322 e. The average Bonchev–Trinajstić information content (AvgIpc) is 3.00. The van der Waals surface area contributed by atoms with E-state index in [1.165, 1.54) is 10.4 Å². The Labute approximate surface area is 169 Å². The highest BCUT2D eigenvalue weighted by atomic mass is 32.2. The predicted molar refractivity (Wildman–Crippen MR) is 112 cm³/mol. The molecule has 0 bridgehead atoms. The molecule has 0 radical (unpaired) electrons. The van der Waals surface area contributed by atoms with Crippen LogP contribution in [0, 0.1) is 10.1 Å². The van der Waals surface area contributed by atoms with Crippen LogP contribution in [0.1, 0.15) is 43.1 Å². The van der Waals surface area contributed by atoms with Crippen LogP contribution in [-0.2, 0) is 15.4 Å². The lowest BCUT2D eigenvalue weighted by atomic mass is 9.85. The van der Waals surface area contributed by atoms with Gasteiger partial charge < -0.3 is 5.32 Å². The molecule has 9 heteroatoms. The fraction of sp³-hybridized carbons (Fsp3) is 0.350. The zero-order chi connectivity index (χ0) is 21.4. The molecule has 154 valence electrons. The minimum atomic E-state index is -3.27. The fourth-order valence-electron chi connectivity index (χ4n) is 3.30. The van der Waals surface area contributed by atoms with Gasteiger partial charge in [0, 0.05) is 29.4 Å². The van der Waals surface area contributed by atoms with Gasteiger partial charge in [0.15, 0.2) is 0 Å². The lowest BCUT2D eigenvalue weighted by Crippen LogP contribution is -2.25. The van der Waals surface area contributed by atoms with Crippen molar-refractivity contribution in [3.05, 3.63) is 63.7 Å². The van der Waals surface area contributed by atoms with Gasteiger partial charge in [-0.3, -0.25) is 19.2 Å². The number of anilines is 2. The Bertz CT molecular complexity index is 1060. The van der Waals surface area contributed by atoms with Gasteiger partial charge >= 0.3 is 0 Å². The highest BCUT2D eigenvalue weighted by Gasteiger charge is 2.28. The van der Waals surface area contributed by atoms with Gasteiger partial charge in [-0.2, -0.15) is 0 Å². The SMILES string of the molecule is CC(C)(C)c1ccc(C(=O)Nc2ccc(N3CCCS3(=O)=O)cc2)cc1[N+](=O)[O-]. The molecule has 3 rings (SSSR count). The minimum absolute atomic E-state index is 0.0975. The molecule has 2 aromatic rings. The monoisotopic (exact) mass is 417 g/mol. The van der Waals surface area contributed by atoms with Crippen LogP contribution in [0.5, 0.6) is 0 Å². The van der Waals surface area contributed by atoms with Crippen molar-refractivity contribution in [2.24, 2.45) is 0 Å². The molecule has 1 saturated heterocycles. The van der Waals surface area contributed by atoms with Crippen LogP contribution in [0.25, 0.3) is 0 Å². The zero-order valence-corrected chi connectivity index (χ0v) is 17.3. The molecule has 1 N–H and O–H groups in total. The number of amides is 1. The molecule has 0 spiro atoms. The summed E-state index contributed by atoms with van der Waals surface area (Å²) in [6.45, 7) is 6.06. The van der Waals surface area contributed by atoms with E-state index in [0.29, 0.717) is 29.9 Å². The number of carbonyl (C=O) groups is 1.